The Morgan fingerprint density at radius 1 is 0.385 bits per heavy atom. The minimum atomic E-state index is -1.61. The Morgan fingerprint density at radius 2 is 0.654 bits per heavy atom. The number of ether oxygens (including phenoxy) is 3. The van der Waals surface area contributed by atoms with Crippen LogP contribution in [0.4, 0.5) is 0 Å². The Balaban J connectivity index is 1.46. The first kappa shape index (κ1) is 35.8. The zero-order valence-electron chi connectivity index (χ0n) is 30.8. The predicted octanol–water partition coefficient (Wildman–Crippen LogP) is 9.02. The highest BCUT2D eigenvalue weighted by molar-refractivity contribution is 6.83. The Morgan fingerprint density at radius 3 is 0.904 bits per heavy atom. The van der Waals surface area contributed by atoms with Crippen molar-refractivity contribution in [2.24, 2.45) is 0 Å². The third kappa shape index (κ3) is 9.39. The van der Waals surface area contributed by atoms with Gasteiger partial charge in [0.1, 0.15) is 25.3 Å². The van der Waals surface area contributed by atoms with Crippen molar-refractivity contribution in [1.82, 2.24) is 0 Å². The van der Waals surface area contributed by atoms with Crippen LogP contribution in [0.1, 0.15) is 61.2 Å². The van der Waals surface area contributed by atoms with Crippen molar-refractivity contribution in [2.45, 2.75) is 45.3 Å². The average molecular weight is 695 g/mol. The fourth-order valence-electron chi connectivity index (χ4n) is 5.91. The molecule has 0 N–H and O–H groups in total. The van der Waals surface area contributed by atoms with Gasteiger partial charge in [-0.25, -0.2) is 0 Å². The van der Waals surface area contributed by atoms with Gasteiger partial charge in [-0.3, -0.25) is 0 Å². The van der Waals surface area contributed by atoms with E-state index in [0.717, 1.165) is 87.4 Å². The first-order valence-electron chi connectivity index (χ1n) is 17.5. The van der Waals surface area contributed by atoms with Crippen molar-refractivity contribution in [2.75, 3.05) is 21.3 Å². The quantitative estimate of drug-likeness (QED) is 0.139. The van der Waals surface area contributed by atoms with Gasteiger partial charge in [0, 0.05) is 38.9 Å². The van der Waals surface area contributed by atoms with E-state index < -0.39 is 8.07 Å². The highest BCUT2D eigenvalue weighted by Crippen LogP contribution is 2.27. The summed E-state index contributed by atoms with van der Waals surface area (Å²) in [4.78, 5) is 0. The Hall–Kier alpha value is -6.04. The molecular formula is C48H42O3Si. The molecule has 52 heavy (non-hydrogen) atoms. The van der Waals surface area contributed by atoms with Crippen molar-refractivity contribution in [3.8, 4) is 64.2 Å². The third-order valence-electron chi connectivity index (χ3n) is 8.85. The molecule has 0 saturated heterocycles. The van der Waals surface area contributed by atoms with Crippen LogP contribution in [0.2, 0.25) is 19.6 Å². The molecule has 0 aliphatic heterocycles. The van der Waals surface area contributed by atoms with Crippen molar-refractivity contribution in [3.05, 3.63) is 158 Å². The molecule has 0 fully saturated rings. The molecule has 0 aromatic heterocycles. The van der Waals surface area contributed by atoms with Crippen LogP contribution in [0.25, 0.3) is 0 Å². The Bertz CT molecular complexity index is 2330. The summed E-state index contributed by atoms with van der Waals surface area (Å²) in [6.45, 7) is 6.87. The highest BCUT2D eigenvalue weighted by atomic mass is 28.3. The van der Waals surface area contributed by atoms with Crippen LogP contribution < -0.4 is 14.2 Å². The second-order valence-corrected chi connectivity index (χ2v) is 18.5. The lowest BCUT2D eigenvalue weighted by Crippen LogP contribution is -2.16. The van der Waals surface area contributed by atoms with Crippen LogP contribution in [0.5, 0.6) is 17.2 Å². The lowest BCUT2D eigenvalue weighted by molar-refractivity contribution is 0.414. The summed E-state index contributed by atoms with van der Waals surface area (Å²) < 4.78 is 16.1. The summed E-state index contributed by atoms with van der Waals surface area (Å²) in [6, 6.07) is 32.8. The van der Waals surface area contributed by atoms with Gasteiger partial charge in [0.15, 0.2) is 0 Å². The topological polar surface area (TPSA) is 27.7 Å². The molecular weight excluding hydrogens is 653 g/mol. The van der Waals surface area contributed by atoms with Gasteiger partial charge in [0.05, 0.1) is 21.3 Å². The summed E-state index contributed by atoms with van der Waals surface area (Å²) in [6.07, 6.45) is 3.16. The number of rotatable bonds is 3. The molecule has 0 spiro atoms. The van der Waals surface area contributed by atoms with Crippen LogP contribution in [0.3, 0.4) is 0 Å². The number of hydrogen-bond donors (Lipinski definition) is 0. The van der Waals surface area contributed by atoms with E-state index in [1.165, 1.54) is 16.7 Å². The number of methoxy groups -OCH3 is 3. The lowest BCUT2D eigenvalue weighted by atomic mass is 9.87. The van der Waals surface area contributed by atoms with E-state index in [9.17, 15) is 0 Å². The van der Waals surface area contributed by atoms with E-state index in [1.54, 1.807) is 21.3 Å². The van der Waals surface area contributed by atoms with Crippen molar-refractivity contribution >= 4 is 8.07 Å². The van der Waals surface area contributed by atoms with Crippen molar-refractivity contribution < 1.29 is 14.2 Å². The molecule has 4 heteroatoms. The molecule has 0 radical (unpaired) electrons. The SMILES string of the molecule is COc1ccc(C#Cc2cc3c(C#Cc4ccc(OC)cc4)cc2CCc2cc(C#C[Si](C)(C)C)c(cc2C#Cc2ccc(OC)cc2)CC3)cc1. The van der Waals surface area contributed by atoms with Gasteiger partial charge in [-0.15, -0.1) is 5.54 Å². The molecule has 4 aliphatic carbocycles. The number of aryl methyl sites for hydroxylation is 4. The fraction of sp³-hybridized carbons (Fsp3) is 0.208. The van der Waals surface area contributed by atoms with E-state index in [4.69, 9.17) is 14.2 Å². The molecule has 5 aromatic rings. The van der Waals surface area contributed by atoms with E-state index >= 15 is 0 Å². The maximum Gasteiger partial charge on any atom is 0.129 e. The van der Waals surface area contributed by atoms with E-state index in [0.29, 0.717) is 0 Å². The largest absolute Gasteiger partial charge is 0.497 e. The Labute approximate surface area is 310 Å². The van der Waals surface area contributed by atoms with Crippen molar-refractivity contribution in [1.29, 1.82) is 0 Å². The number of hydrogen-bond acceptors (Lipinski definition) is 3. The van der Waals surface area contributed by atoms with E-state index in [2.05, 4.69) is 90.9 Å². The van der Waals surface area contributed by atoms with Gasteiger partial charge in [-0.05, 0) is 145 Å². The van der Waals surface area contributed by atoms with E-state index in [-0.39, 0.29) is 0 Å². The van der Waals surface area contributed by atoms with Gasteiger partial charge in [0.25, 0.3) is 0 Å². The summed E-state index contributed by atoms with van der Waals surface area (Å²) >= 11 is 0. The predicted molar refractivity (Wildman–Crippen MR) is 215 cm³/mol. The molecule has 9 rings (SSSR count). The standard InChI is InChI=1S/C48H42O3Si/c1-49-46-23-10-35(11-24-46)7-16-38-32-42-21-22-44-33-40(18-9-37-14-27-48(51-3)28-15-37)43(34-45(44)29-30-52(4,5)6)20-19-41(38)31-39(42)17-8-36-12-25-47(50-2)26-13-36/h10-15,23-28,31-34H,19-22H2,1-6H3. The van der Waals surface area contributed by atoms with Gasteiger partial charge < -0.3 is 14.2 Å². The lowest BCUT2D eigenvalue weighted by Gasteiger charge is -2.17. The maximum absolute atomic E-state index is 5.36. The van der Waals surface area contributed by atoms with Crippen LogP contribution in [0, 0.1) is 47.0 Å². The van der Waals surface area contributed by atoms with Crippen molar-refractivity contribution in [3.63, 3.8) is 0 Å². The summed E-state index contributed by atoms with van der Waals surface area (Å²) in [5.41, 5.74) is 15.4. The first-order valence-corrected chi connectivity index (χ1v) is 21.0. The molecule has 3 nitrogen and oxygen atoms in total. The third-order valence-corrected chi connectivity index (χ3v) is 9.73. The Kier molecular flexibility index (Phi) is 11.2. The fourth-order valence-corrected chi connectivity index (χ4v) is 6.42. The molecule has 5 aromatic carbocycles. The van der Waals surface area contributed by atoms with Gasteiger partial charge in [-0.1, -0.05) is 61.1 Å². The monoisotopic (exact) mass is 694 g/mol. The molecule has 0 heterocycles. The molecule has 0 unspecified atom stereocenters. The van der Waals surface area contributed by atoms with Gasteiger partial charge in [0.2, 0.25) is 0 Å². The minimum absolute atomic E-state index is 0.779. The normalized spacial score (nSPS) is 11.5. The van der Waals surface area contributed by atoms with Crippen LogP contribution in [-0.4, -0.2) is 29.4 Å². The maximum atomic E-state index is 5.36. The molecule has 0 saturated carbocycles. The van der Waals surface area contributed by atoms with Gasteiger partial charge in [-0.2, -0.15) is 0 Å². The molecule has 0 atom stereocenters. The highest BCUT2D eigenvalue weighted by Gasteiger charge is 2.16. The number of benzene rings is 5. The average Bonchev–Trinajstić information content (AvgIpc) is 3.16. The van der Waals surface area contributed by atoms with Gasteiger partial charge >= 0.3 is 0 Å². The molecule has 4 bridgehead atoms. The molecule has 256 valence electrons. The molecule has 4 aliphatic rings. The summed E-state index contributed by atoms with van der Waals surface area (Å²) in [5, 5.41) is 0. The second-order valence-electron chi connectivity index (χ2n) is 13.8. The summed E-state index contributed by atoms with van der Waals surface area (Å²) in [5.74, 6) is 26.9. The van der Waals surface area contributed by atoms with Crippen LogP contribution in [-0.2, 0) is 25.7 Å². The minimum Gasteiger partial charge on any atom is -0.497 e. The zero-order chi connectivity index (χ0) is 36.5. The van der Waals surface area contributed by atoms with Crippen LogP contribution >= 0.6 is 0 Å². The zero-order valence-corrected chi connectivity index (χ0v) is 31.8. The van der Waals surface area contributed by atoms with E-state index in [1.807, 2.05) is 72.8 Å². The second kappa shape index (κ2) is 16.3. The first-order chi connectivity index (χ1) is 25.2. The molecule has 0 amide bonds. The smallest absolute Gasteiger partial charge is 0.129 e. The summed E-state index contributed by atoms with van der Waals surface area (Å²) in [7, 11) is 3.42. The van der Waals surface area contributed by atoms with Crippen LogP contribution in [0.15, 0.2) is 97.1 Å².